The average Bonchev–Trinajstić information content (AvgIpc) is 1.88. The SMILES string of the molecule is Cc1cccc(N(C)C)c1. The van der Waals surface area contributed by atoms with Crippen LogP contribution in [0.2, 0.25) is 0 Å². The van der Waals surface area contributed by atoms with Gasteiger partial charge in [0.1, 0.15) is 0 Å². The molecule has 1 rings (SSSR count). The molecule has 10 heavy (non-hydrogen) atoms. The zero-order valence-electron chi connectivity index (χ0n) is 6.76. The highest BCUT2D eigenvalue weighted by Gasteiger charge is 1.91. The lowest BCUT2D eigenvalue weighted by atomic mass is 10.2. The van der Waals surface area contributed by atoms with E-state index in [1.54, 1.807) is 0 Å². The van der Waals surface area contributed by atoms with Crippen molar-refractivity contribution in [3.8, 4) is 0 Å². The lowest BCUT2D eigenvalue weighted by molar-refractivity contribution is 1.13. The molecule has 0 aliphatic carbocycles. The molecule has 0 amide bonds. The first kappa shape index (κ1) is 7.13. The summed E-state index contributed by atoms with van der Waals surface area (Å²) in [5.74, 6) is 0. The Morgan fingerprint density at radius 1 is 1.20 bits per heavy atom. The van der Waals surface area contributed by atoms with Crippen molar-refractivity contribution in [2.45, 2.75) is 6.92 Å². The summed E-state index contributed by atoms with van der Waals surface area (Å²) in [6.45, 7) is 2.10. The molecule has 0 heterocycles. The van der Waals surface area contributed by atoms with Gasteiger partial charge < -0.3 is 4.90 Å². The highest BCUT2D eigenvalue weighted by atomic mass is 15.1. The molecule has 0 aromatic heterocycles. The van der Waals surface area contributed by atoms with Gasteiger partial charge in [-0.05, 0) is 24.6 Å². The first-order valence-corrected chi connectivity index (χ1v) is 3.44. The highest BCUT2D eigenvalue weighted by molar-refractivity contribution is 5.46. The third-order valence-corrected chi connectivity index (χ3v) is 1.52. The Balaban J connectivity index is 2.96. The van der Waals surface area contributed by atoms with Crippen molar-refractivity contribution in [3.63, 3.8) is 0 Å². The van der Waals surface area contributed by atoms with Gasteiger partial charge in [0.2, 0.25) is 0 Å². The van der Waals surface area contributed by atoms with Gasteiger partial charge in [-0.3, -0.25) is 0 Å². The van der Waals surface area contributed by atoms with E-state index in [-0.39, 0.29) is 0 Å². The third kappa shape index (κ3) is 1.50. The van der Waals surface area contributed by atoms with Gasteiger partial charge in [-0.1, -0.05) is 12.1 Å². The van der Waals surface area contributed by atoms with Crippen molar-refractivity contribution < 1.29 is 0 Å². The molecule has 0 atom stereocenters. The van der Waals surface area contributed by atoms with Gasteiger partial charge in [-0.15, -0.1) is 0 Å². The Kier molecular flexibility index (Phi) is 1.95. The molecule has 0 bridgehead atoms. The van der Waals surface area contributed by atoms with Crippen LogP contribution in [0, 0.1) is 6.92 Å². The Morgan fingerprint density at radius 2 is 1.90 bits per heavy atom. The Bertz CT molecular complexity index is 216. The summed E-state index contributed by atoms with van der Waals surface area (Å²) in [7, 11) is 4.10. The minimum Gasteiger partial charge on any atom is -0.378 e. The van der Waals surface area contributed by atoms with Crippen molar-refractivity contribution in [3.05, 3.63) is 29.8 Å². The van der Waals surface area contributed by atoms with Gasteiger partial charge >= 0.3 is 0 Å². The third-order valence-electron chi connectivity index (χ3n) is 1.52. The lowest BCUT2D eigenvalue weighted by Gasteiger charge is -2.11. The standard InChI is InChI=1S/C9H13N/c1-8-5-4-6-9(7-8)10(2)3/h4-7H,1-3H3. The van der Waals surface area contributed by atoms with Crippen LogP contribution in [-0.2, 0) is 0 Å². The molecule has 0 radical (unpaired) electrons. The van der Waals surface area contributed by atoms with Crippen molar-refractivity contribution in [2.24, 2.45) is 0 Å². The number of aryl methyl sites for hydroxylation is 1. The molecule has 0 unspecified atom stereocenters. The average molecular weight is 135 g/mol. The molecule has 1 aromatic carbocycles. The van der Waals surface area contributed by atoms with Crippen LogP contribution >= 0.6 is 0 Å². The zero-order valence-corrected chi connectivity index (χ0v) is 6.76. The van der Waals surface area contributed by atoms with E-state index < -0.39 is 0 Å². The molecule has 0 saturated heterocycles. The van der Waals surface area contributed by atoms with Crippen LogP contribution in [-0.4, -0.2) is 14.1 Å². The minimum atomic E-state index is 1.26. The van der Waals surface area contributed by atoms with Crippen LogP contribution in [0.3, 0.4) is 0 Å². The molecular weight excluding hydrogens is 122 g/mol. The van der Waals surface area contributed by atoms with Gasteiger partial charge in [-0.2, -0.15) is 0 Å². The quantitative estimate of drug-likeness (QED) is 0.569. The van der Waals surface area contributed by atoms with E-state index >= 15 is 0 Å². The second kappa shape index (κ2) is 2.74. The predicted molar refractivity (Wildman–Crippen MR) is 45.5 cm³/mol. The van der Waals surface area contributed by atoms with E-state index in [4.69, 9.17) is 0 Å². The van der Waals surface area contributed by atoms with Crippen LogP contribution in [0.1, 0.15) is 5.56 Å². The van der Waals surface area contributed by atoms with Crippen LogP contribution in [0.4, 0.5) is 5.69 Å². The smallest absolute Gasteiger partial charge is 0.0363 e. The molecule has 0 spiro atoms. The number of hydrogen-bond acceptors (Lipinski definition) is 1. The Hall–Kier alpha value is -0.980. The van der Waals surface area contributed by atoms with Crippen LogP contribution in [0.5, 0.6) is 0 Å². The molecule has 0 aliphatic heterocycles. The summed E-state index contributed by atoms with van der Waals surface area (Å²) >= 11 is 0. The maximum atomic E-state index is 2.17. The van der Waals surface area contributed by atoms with Gasteiger partial charge in [0.25, 0.3) is 0 Å². The fourth-order valence-corrected chi connectivity index (χ4v) is 0.906. The van der Waals surface area contributed by atoms with Gasteiger partial charge in [0.15, 0.2) is 0 Å². The van der Waals surface area contributed by atoms with Crippen molar-refractivity contribution in [1.29, 1.82) is 0 Å². The second-order valence-corrected chi connectivity index (χ2v) is 2.73. The van der Waals surface area contributed by atoms with Crippen LogP contribution in [0.15, 0.2) is 24.3 Å². The molecular formula is C9H13N. The second-order valence-electron chi connectivity index (χ2n) is 2.73. The van der Waals surface area contributed by atoms with Gasteiger partial charge in [-0.25, -0.2) is 0 Å². The van der Waals surface area contributed by atoms with Crippen molar-refractivity contribution >= 4 is 5.69 Å². The number of hydrogen-bond donors (Lipinski definition) is 0. The molecule has 0 N–H and O–H groups in total. The van der Waals surface area contributed by atoms with Gasteiger partial charge in [0, 0.05) is 19.8 Å². The Morgan fingerprint density at radius 3 is 2.30 bits per heavy atom. The van der Waals surface area contributed by atoms with Gasteiger partial charge in [0.05, 0.1) is 0 Å². The zero-order chi connectivity index (χ0) is 7.56. The summed E-state index contributed by atoms with van der Waals surface area (Å²) in [4.78, 5) is 2.10. The monoisotopic (exact) mass is 135 g/mol. The number of nitrogens with zero attached hydrogens (tertiary/aromatic N) is 1. The van der Waals surface area contributed by atoms with E-state index in [1.807, 2.05) is 0 Å². The summed E-state index contributed by atoms with van der Waals surface area (Å²) < 4.78 is 0. The summed E-state index contributed by atoms with van der Waals surface area (Å²) in [6, 6.07) is 8.45. The first-order valence-electron chi connectivity index (χ1n) is 3.44. The molecule has 0 aliphatic rings. The fraction of sp³-hybridized carbons (Fsp3) is 0.333. The number of benzene rings is 1. The molecule has 1 heteroatoms. The molecule has 54 valence electrons. The predicted octanol–water partition coefficient (Wildman–Crippen LogP) is 2.06. The molecule has 1 nitrogen and oxygen atoms in total. The number of rotatable bonds is 1. The van der Waals surface area contributed by atoms with Crippen molar-refractivity contribution in [2.75, 3.05) is 19.0 Å². The molecule has 0 saturated carbocycles. The normalized spacial score (nSPS) is 9.50. The minimum absolute atomic E-state index is 1.26. The van der Waals surface area contributed by atoms with E-state index in [0.717, 1.165) is 0 Å². The molecule has 1 aromatic rings. The topological polar surface area (TPSA) is 3.24 Å². The Labute approximate surface area is 62.3 Å². The largest absolute Gasteiger partial charge is 0.378 e. The summed E-state index contributed by atoms with van der Waals surface area (Å²) in [5.41, 5.74) is 2.58. The maximum Gasteiger partial charge on any atom is 0.0363 e. The van der Waals surface area contributed by atoms with E-state index in [9.17, 15) is 0 Å². The first-order chi connectivity index (χ1) is 4.70. The van der Waals surface area contributed by atoms with Crippen LogP contribution < -0.4 is 4.90 Å². The van der Waals surface area contributed by atoms with E-state index in [2.05, 4.69) is 50.2 Å². The summed E-state index contributed by atoms with van der Waals surface area (Å²) in [5, 5.41) is 0. The maximum absolute atomic E-state index is 2.17. The highest BCUT2D eigenvalue weighted by Crippen LogP contribution is 2.11. The van der Waals surface area contributed by atoms with E-state index in [1.165, 1.54) is 11.3 Å². The fourth-order valence-electron chi connectivity index (χ4n) is 0.906. The molecule has 0 fully saturated rings. The lowest BCUT2D eigenvalue weighted by Crippen LogP contribution is -2.08. The number of anilines is 1. The van der Waals surface area contributed by atoms with Crippen LogP contribution in [0.25, 0.3) is 0 Å². The van der Waals surface area contributed by atoms with E-state index in [0.29, 0.717) is 0 Å². The van der Waals surface area contributed by atoms with Crippen molar-refractivity contribution in [1.82, 2.24) is 0 Å². The summed E-state index contributed by atoms with van der Waals surface area (Å²) in [6.07, 6.45) is 0.